The van der Waals surface area contributed by atoms with Crippen molar-refractivity contribution in [3.8, 4) is 5.00 Å². The lowest BCUT2D eigenvalue weighted by atomic mass is 9.95. The average molecular weight is 605 g/mol. The van der Waals surface area contributed by atoms with E-state index in [0.29, 0.717) is 36.7 Å². The largest absolute Gasteiger partial charge is 0.456 e. The summed E-state index contributed by atoms with van der Waals surface area (Å²) in [5.74, 6) is -3.08. The zero-order valence-electron chi connectivity index (χ0n) is 24.1. The summed E-state index contributed by atoms with van der Waals surface area (Å²) in [6.07, 6.45) is 8.29. The highest BCUT2D eigenvalue weighted by Gasteiger charge is 2.31. The van der Waals surface area contributed by atoms with Gasteiger partial charge in [0.15, 0.2) is 0 Å². The van der Waals surface area contributed by atoms with Gasteiger partial charge in [0.1, 0.15) is 15.6 Å². The smallest absolute Gasteiger partial charge is 0.341 e. The number of carbonyl (C=O) groups is 2. The third-order valence-corrected chi connectivity index (χ3v) is 9.84. The van der Waals surface area contributed by atoms with E-state index in [-0.39, 0.29) is 12.5 Å². The van der Waals surface area contributed by atoms with Crippen LogP contribution in [-0.4, -0.2) is 46.1 Å². The van der Waals surface area contributed by atoms with Crippen molar-refractivity contribution in [1.82, 2.24) is 14.8 Å². The first-order valence-corrected chi connectivity index (χ1v) is 15.8. The van der Waals surface area contributed by atoms with Crippen LogP contribution in [0.3, 0.4) is 0 Å². The molecule has 0 unspecified atom stereocenters. The van der Waals surface area contributed by atoms with Crippen LogP contribution in [0, 0.1) is 0 Å². The number of hydrogen-bond acceptors (Lipinski definition) is 6. The maximum atomic E-state index is 13.5. The Morgan fingerprint density at radius 3 is 2.44 bits per heavy atom. The fourth-order valence-electron chi connectivity index (χ4n) is 5.43. The maximum Gasteiger partial charge on any atom is 0.341 e. The molecule has 2 amide bonds. The van der Waals surface area contributed by atoms with Crippen molar-refractivity contribution in [1.29, 1.82) is 0 Å². The molecule has 0 fully saturated rings. The lowest BCUT2D eigenvalue weighted by molar-refractivity contribution is 0.00194. The number of thiophene rings is 2. The van der Waals surface area contributed by atoms with Crippen molar-refractivity contribution < 1.29 is 23.1 Å². The van der Waals surface area contributed by atoms with Gasteiger partial charge in [0.05, 0.1) is 5.56 Å². The molecule has 4 heterocycles. The van der Waals surface area contributed by atoms with Gasteiger partial charge in [0.2, 0.25) is 5.92 Å². The average Bonchev–Trinajstić information content (AvgIpc) is 3.61. The number of nitrogens with zero attached hydrogens (tertiary/aromatic N) is 2. The number of anilines is 1. The molecule has 41 heavy (non-hydrogen) atoms. The Kier molecular flexibility index (Phi) is 8.59. The van der Waals surface area contributed by atoms with Crippen LogP contribution in [-0.2, 0) is 37.1 Å². The first-order valence-electron chi connectivity index (χ1n) is 14.2. The van der Waals surface area contributed by atoms with E-state index in [2.05, 4.69) is 15.5 Å². The Hall–Kier alpha value is -2.76. The first-order chi connectivity index (χ1) is 19.4. The molecule has 0 saturated heterocycles. The zero-order chi connectivity index (χ0) is 29.4. The van der Waals surface area contributed by atoms with E-state index in [4.69, 9.17) is 4.74 Å². The normalized spacial score (nSPS) is 15.8. The minimum absolute atomic E-state index is 0.163. The number of halogens is 2. The minimum atomic E-state index is -2.68. The quantitative estimate of drug-likeness (QED) is 0.268. The number of hydrogen-bond donors (Lipinski definition) is 2. The Bertz CT molecular complexity index is 1400. The number of nitrogens with one attached hydrogen (secondary N) is 2. The molecule has 3 aromatic rings. The number of ether oxygens (including phenoxy) is 1. The fraction of sp³-hybridized carbons (Fsp3) is 0.533. The molecule has 7 nitrogen and oxygen atoms in total. The number of fused-ring (bicyclic) bond motifs is 2. The highest BCUT2D eigenvalue weighted by Crippen LogP contribution is 2.40. The molecule has 222 valence electrons. The molecule has 0 atom stereocenters. The molecule has 11 heteroatoms. The van der Waals surface area contributed by atoms with Crippen LogP contribution in [0.15, 0.2) is 24.5 Å². The number of amides is 2. The molecule has 1 aliphatic heterocycles. The fourth-order valence-corrected chi connectivity index (χ4v) is 8.08. The number of aromatic nitrogens is 1. The summed E-state index contributed by atoms with van der Waals surface area (Å²) < 4.78 is 34.7. The Balaban J connectivity index is 1.33. The molecule has 0 saturated carbocycles. The number of esters is 1. The van der Waals surface area contributed by atoms with Gasteiger partial charge < -0.3 is 14.6 Å². The molecule has 2 aliphatic rings. The van der Waals surface area contributed by atoms with Gasteiger partial charge in [-0.1, -0.05) is 0 Å². The van der Waals surface area contributed by atoms with E-state index in [0.717, 1.165) is 64.9 Å². The van der Waals surface area contributed by atoms with Gasteiger partial charge >= 0.3 is 12.0 Å². The van der Waals surface area contributed by atoms with Crippen molar-refractivity contribution >= 4 is 39.7 Å². The van der Waals surface area contributed by atoms with Gasteiger partial charge in [-0.15, -0.1) is 22.7 Å². The summed E-state index contributed by atoms with van der Waals surface area (Å²) in [4.78, 5) is 30.8. The van der Waals surface area contributed by atoms with Crippen molar-refractivity contribution in [2.45, 2.75) is 90.8 Å². The standard InChI is InChI=1S/C30H38F2N4O3S2/c1-29(2,3)39-27(37)24-20-9-5-6-10-22(20)40-25(24)34-28(38)33-17-21-19-11-15-35(16-12-30(4,31)32)18-23(19)41-26(21)36-13-7-8-14-36/h7-8,13-14H,5-6,9-12,15-18H2,1-4H3,(H2,33,34,38). The zero-order valence-corrected chi connectivity index (χ0v) is 25.7. The summed E-state index contributed by atoms with van der Waals surface area (Å²) in [5, 5.41) is 7.53. The third kappa shape index (κ3) is 7.18. The van der Waals surface area contributed by atoms with Crippen LogP contribution < -0.4 is 10.6 Å². The maximum absolute atomic E-state index is 13.5. The van der Waals surface area contributed by atoms with Gasteiger partial charge in [-0.2, -0.15) is 0 Å². The van der Waals surface area contributed by atoms with Gasteiger partial charge in [0.25, 0.3) is 0 Å². The van der Waals surface area contributed by atoms with E-state index in [9.17, 15) is 18.4 Å². The van der Waals surface area contributed by atoms with Crippen LogP contribution in [0.5, 0.6) is 0 Å². The second-order valence-electron chi connectivity index (χ2n) is 11.9. The monoisotopic (exact) mass is 604 g/mol. The molecular formula is C30H38F2N4O3S2. The Labute approximate surface area is 247 Å². The number of rotatable bonds is 8. The van der Waals surface area contributed by atoms with E-state index in [1.807, 2.05) is 49.9 Å². The van der Waals surface area contributed by atoms with Crippen molar-refractivity contribution in [3.05, 3.63) is 56.5 Å². The van der Waals surface area contributed by atoms with Crippen LogP contribution in [0.1, 0.15) is 83.8 Å². The van der Waals surface area contributed by atoms with Crippen LogP contribution in [0.25, 0.3) is 5.00 Å². The Morgan fingerprint density at radius 1 is 1.00 bits per heavy atom. The van der Waals surface area contributed by atoms with Crippen molar-refractivity contribution in [2.24, 2.45) is 0 Å². The van der Waals surface area contributed by atoms with Gasteiger partial charge in [0, 0.05) is 60.3 Å². The van der Waals surface area contributed by atoms with Gasteiger partial charge in [-0.05, 0) is 83.1 Å². The lowest BCUT2D eigenvalue weighted by Crippen LogP contribution is -2.34. The predicted octanol–water partition coefficient (Wildman–Crippen LogP) is 7.16. The molecule has 2 N–H and O–H groups in total. The van der Waals surface area contributed by atoms with Crippen LogP contribution in [0.4, 0.5) is 18.6 Å². The number of urea groups is 1. The summed E-state index contributed by atoms with van der Waals surface area (Å²) in [6.45, 7) is 8.46. The SMILES string of the molecule is CC(F)(F)CCN1CCc2c(sc(-n3cccc3)c2CNC(=O)Nc2sc3c(c2C(=O)OC(C)(C)C)CCCC3)C1. The molecule has 0 radical (unpaired) electrons. The van der Waals surface area contributed by atoms with Crippen molar-refractivity contribution in [3.63, 3.8) is 0 Å². The van der Waals surface area contributed by atoms with Gasteiger partial charge in [-0.25, -0.2) is 18.4 Å². The first kappa shape index (κ1) is 29.7. The molecule has 0 bridgehead atoms. The van der Waals surface area contributed by atoms with E-state index < -0.39 is 17.5 Å². The molecular weight excluding hydrogens is 566 g/mol. The summed E-state index contributed by atoms with van der Waals surface area (Å²) >= 11 is 3.11. The topological polar surface area (TPSA) is 75.6 Å². The van der Waals surface area contributed by atoms with Crippen molar-refractivity contribution in [2.75, 3.05) is 18.4 Å². The summed E-state index contributed by atoms with van der Waals surface area (Å²) in [6, 6.07) is 3.53. The van der Waals surface area contributed by atoms with Gasteiger partial charge in [-0.3, -0.25) is 10.2 Å². The molecule has 1 aliphatic carbocycles. The number of carbonyl (C=O) groups excluding carboxylic acids is 2. The molecule has 0 aromatic carbocycles. The molecule has 5 rings (SSSR count). The second kappa shape index (κ2) is 11.9. The summed E-state index contributed by atoms with van der Waals surface area (Å²) in [5.41, 5.74) is 3.06. The van der Waals surface area contributed by atoms with E-state index in [1.165, 1.54) is 16.9 Å². The third-order valence-electron chi connectivity index (χ3n) is 7.36. The van der Waals surface area contributed by atoms with Crippen LogP contribution in [0.2, 0.25) is 0 Å². The van der Waals surface area contributed by atoms with E-state index >= 15 is 0 Å². The molecule has 0 spiro atoms. The second-order valence-corrected chi connectivity index (χ2v) is 14.1. The highest BCUT2D eigenvalue weighted by molar-refractivity contribution is 7.17. The highest BCUT2D eigenvalue weighted by atomic mass is 32.1. The number of aryl methyl sites for hydroxylation is 1. The molecule has 3 aromatic heterocycles. The minimum Gasteiger partial charge on any atom is -0.456 e. The Morgan fingerprint density at radius 2 is 1.73 bits per heavy atom. The predicted molar refractivity (Wildman–Crippen MR) is 160 cm³/mol. The summed E-state index contributed by atoms with van der Waals surface area (Å²) in [7, 11) is 0. The number of alkyl halides is 2. The van der Waals surface area contributed by atoms with E-state index in [1.54, 1.807) is 11.3 Å². The van der Waals surface area contributed by atoms with Crippen LogP contribution >= 0.6 is 22.7 Å². The lowest BCUT2D eigenvalue weighted by Gasteiger charge is -2.28.